The minimum absolute atomic E-state index is 0.0369. The Morgan fingerprint density at radius 3 is 2.67 bits per heavy atom. The van der Waals surface area contributed by atoms with Crippen molar-refractivity contribution in [1.29, 1.82) is 0 Å². The number of pyridine rings is 2. The van der Waals surface area contributed by atoms with E-state index in [1.165, 1.54) is 18.3 Å². The van der Waals surface area contributed by atoms with Crippen LogP contribution in [0, 0.1) is 5.92 Å². The number of hydrogen-bond acceptors (Lipinski definition) is 3. The second kappa shape index (κ2) is 6.72. The molecular formula is C20H19F2N3O2. The zero-order valence-corrected chi connectivity index (χ0v) is 14.6. The molecule has 3 aromatic heterocycles. The number of fused-ring (bicyclic) bond motifs is 1. The molecule has 0 unspecified atom stereocenters. The summed E-state index contributed by atoms with van der Waals surface area (Å²) in [6, 6.07) is 6.76. The van der Waals surface area contributed by atoms with Crippen molar-refractivity contribution in [3.8, 4) is 11.4 Å². The van der Waals surface area contributed by atoms with Gasteiger partial charge >= 0.3 is 5.97 Å². The molecule has 1 N–H and O–H groups in total. The molecule has 0 atom stereocenters. The van der Waals surface area contributed by atoms with Crippen LogP contribution in [0.1, 0.15) is 36.0 Å². The highest BCUT2D eigenvalue weighted by Gasteiger charge is 2.34. The summed E-state index contributed by atoms with van der Waals surface area (Å²) < 4.78 is 28.7. The van der Waals surface area contributed by atoms with Crippen LogP contribution in [-0.2, 0) is 6.54 Å². The SMILES string of the molecule is O=C(O)c1ccnc(-c2cc3ccn(CC4CCC(F)(F)CC4)c3cn2)c1. The summed E-state index contributed by atoms with van der Waals surface area (Å²) in [5, 5.41) is 10.1. The van der Waals surface area contributed by atoms with Crippen LogP contribution in [0.5, 0.6) is 0 Å². The maximum atomic E-state index is 13.3. The molecule has 1 saturated carbocycles. The van der Waals surface area contributed by atoms with Crippen molar-refractivity contribution >= 4 is 16.9 Å². The highest BCUT2D eigenvalue weighted by atomic mass is 19.3. The number of aromatic nitrogens is 3. The molecule has 7 heteroatoms. The van der Waals surface area contributed by atoms with Crippen LogP contribution in [-0.4, -0.2) is 31.5 Å². The van der Waals surface area contributed by atoms with Crippen molar-refractivity contribution in [1.82, 2.24) is 14.5 Å². The summed E-state index contributed by atoms with van der Waals surface area (Å²) >= 11 is 0. The van der Waals surface area contributed by atoms with Gasteiger partial charge in [-0.05, 0) is 43.0 Å². The highest BCUT2D eigenvalue weighted by Crippen LogP contribution is 2.37. The van der Waals surface area contributed by atoms with Crippen molar-refractivity contribution in [2.45, 2.75) is 38.2 Å². The molecule has 3 heterocycles. The van der Waals surface area contributed by atoms with E-state index in [2.05, 4.69) is 14.5 Å². The number of alkyl halides is 2. The molecule has 140 valence electrons. The number of carboxylic acids is 1. The Morgan fingerprint density at radius 2 is 1.93 bits per heavy atom. The fraction of sp³-hybridized carbons (Fsp3) is 0.350. The fourth-order valence-corrected chi connectivity index (χ4v) is 3.65. The minimum Gasteiger partial charge on any atom is -0.478 e. The molecule has 27 heavy (non-hydrogen) atoms. The van der Waals surface area contributed by atoms with Gasteiger partial charge in [0, 0.05) is 37.2 Å². The van der Waals surface area contributed by atoms with E-state index in [1.54, 1.807) is 6.20 Å². The quantitative estimate of drug-likeness (QED) is 0.726. The van der Waals surface area contributed by atoms with Gasteiger partial charge in [0.05, 0.1) is 28.7 Å². The lowest BCUT2D eigenvalue weighted by atomic mass is 9.87. The lowest BCUT2D eigenvalue weighted by molar-refractivity contribution is -0.0472. The van der Waals surface area contributed by atoms with Gasteiger partial charge in [-0.2, -0.15) is 0 Å². The zero-order chi connectivity index (χ0) is 19.0. The summed E-state index contributed by atoms with van der Waals surface area (Å²) in [5.74, 6) is -3.28. The average Bonchev–Trinajstić information content (AvgIpc) is 3.05. The second-order valence-electron chi connectivity index (χ2n) is 7.13. The lowest BCUT2D eigenvalue weighted by Crippen LogP contribution is -2.26. The normalized spacial score (nSPS) is 17.3. The van der Waals surface area contributed by atoms with E-state index >= 15 is 0 Å². The number of nitrogens with zero attached hydrogens (tertiary/aromatic N) is 3. The van der Waals surface area contributed by atoms with E-state index in [0.29, 0.717) is 30.8 Å². The molecule has 1 fully saturated rings. The Morgan fingerprint density at radius 1 is 1.19 bits per heavy atom. The Bertz CT molecular complexity index is 990. The van der Waals surface area contributed by atoms with Crippen molar-refractivity contribution < 1.29 is 18.7 Å². The largest absolute Gasteiger partial charge is 0.478 e. The Kier molecular flexibility index (Phi) is 4.37. The van der Waals surface area contributed by atoms with Gasteiger partial charge in [-0.1, -0.05) is 0 Å². The van der Waals surface area contributed by atoms with E-state index in [9.17, 15) is 13.6 Å². The summed E-state index contributed by atoms with van der Waals surface area (Å²) in [6.45, 7) is 0.702. The van der Waals surface area contributed by atoms with Gasteiger partial charge in [-0.15, -0.1) is 0 Å². The number of carboxylic acid groups (broad SMARTS) is 1. The average molecular weight is 371 g/mol. The molecule has 1 aliphatic carbocycles. The van der Waals surface area contributed by atoms with Gasteiger partial charge in [0.1, 0.15) is 0 Å². The molecule has 0 aromatic carbocycles. The number of rotatable bonds is 4. The van der Waals surface area contributed by atoms with Gasteiger partial charge in [0.15, 0.2) is 0 Å². The van der Waals surface area contributed by atoms with Crippen molar-refractivity contribution in [2.24, 2.45) is 5.92 Å². The Labute approximate surface area is 154 Å². The maximum absolute atomic E-state index is 13.3. The molecule has 1 aliphatic rings. The van der Waals surface area contributed by atoms with Crippen LogP contribution in [0.25, 0.3) is 22.3 Å². The summed E-state index contributed by atoms with van der Waals surface area (Å²) in [5.41, 5.74) is 2.19. The predicted molar refractivity (Wildman–Crippen MR) is 96.8 cm³/mol. The van der Waals surface area contributed by atoms with Crippen molar-refractivity contribution in [2.75, 3.05) is 0 Å². The first-order valence-electron chi connectivity index (χ1n) is 8.94. The highest BCUT2D eigenvalue weighted by molar-refractivity contribution is 5.89. The molecule has 4 rings (SSSR count). The third-order valence-corrected chi connectivity index (χ3v) is 5.22. The number of carbonyl (C=O) groups is 1. The smallest absolute Gasteiger partial charge is 0.335 e. The van der Waals surface area contributed by atoms with Gasteiger partial charge < -0.3 is 9.67 Å². The molecule has 0 radical (unpaired) electrons. The third-order valence-electron chi connectivity index (χ3n) is 5.22. The number of halogens is 2. The first kappa shape index (κ1) is 17.6. The topological polar surface area (TPSA) is 68.0 Å². The second-order valence-corrected chi connectivity index (χ2v) is 7.13. The third kappa shape index (κ3) is 3.67. The van der Waals surface area contributed by atoms with Gasteiger partial charge in [-0.25, -0.2) is 13.6 Å². The van der Waals surface area contributed by atoms with Crippen LogP contribution in [0.4, 0.5) is 8.78 Å². The molecule has 0 aliphatic heterocycles. The van der Waals surface area contributed by atoms with E-state index < -0.39 is 11.9 Å². The van der Waals surface area contributed by atoms with E-state index in [1.807, 2.05) is 18.3 Å². The van der Waals surface area contributed by atoms with E-state index in [-0.39, 0.29) is 24.3 Å². The maximum Gasteiger partial charge on any atom is 0.335 e. The van der Waals surface area contributed by atoms with E-state index in [4.69, 9.17) is 5.11 Å². The van der Waals surface area contributed by atoms with Crippen molar-refractivity contribution in [3.63, 3.8) is 0 Å². The summed E-state index contributed by atoms with van der Waals surface area (Å²) in [4.78, 5) is 19.8. The van der Waals surface area contributed by atoms with Crippen LogP contribution in [0.2, 0.25) is 0 Å². The molecule has 0 bridgehead atoms. The molecular weight excluding hydrogens is 352 g/mol. The summed E-state index contributed by atoms with van der Waals surface area (Å²) in [6.07, 6.45) is 6.12. The first-order chi connectivity index (χ1) is 12.9. The van der Waals surface area contributed by atoms with Gasteiger partial charge in [0.2, 0.25) is 5.92 Å². The summed E-state index contributed by atoms with van der Waals surface area (Å²) in [7, 11) is 0. The van der Waals surface area contributed by atoms with Gasteiger partial charge in [0.25, 0.3) is 0 Å². The van der Waals surface area contributed by atoms with Crippen LogP contribution in [0.15, 0.2) is 42.9 Å². The van der Waals surface area contributed by atoms with Gasteiger partial charge in [-0.3, -0.25) is 9.97 Å². The van der Waals surface area contributed by atoms with Crippen LogP contribution < -0.4 is 0 Å². The first-order valence-corrected chi connectivity index (χ1v) is 8.94. The molecule has 3 aromatic rings. The van der Waals surface area contributed by atoms with Crippen LogP contribution in [0.3, 0.4) is 0 Å². The Hall–Kier alpha value is -2.83. The monoisotopic (exact) mass is 371 g/mol. The van der Waals surface area contributed by atoms with Crippen LogP contribution >= 0.6 is 0 Å². The zero-order valence-electron chi connectivity index (χ0n) is 14.6. The number of aromatic carboxylic acids is 1. The standard InChI is InChI=1S/C20H19F2N3O2/c21-20(22)5-1-13(2-6-20)12-25-8-4-14-9-17(24-11-18(14)25)16-10-15(19(26)27)3-7-23-16/h3-4,7-11,13H,1-2,5-6,12H2,(H,26,27). The molecule has 0 spiro atoms. The lowest BCUT2D eigenvalue weighted by Gasteiger charge is -2.28. The molecule has 5 nitrogen and oxygen atoms in total. The molecule has 0 saturated heterocycles. The minimum atomic E-state index is -2.51. The van der Waals surface area contributed by atoms with Crippen molar-refractivity contribution in [3.05, 3.63) is 48.4 Å². The molecule has 0 amide bonds. The Balaban J connectivity index is 1.57. The van der Waals surface area contributed by atoms with E-state index in [0.717, 1.165) is 10.9 Å². The predicted octanol–water partition coefficient (Wildman–Crippen LogP) is 4.62. The fourth-order valence-electron chi connectivity index (χ4n) is 3.65. The number of hydrogen-bond donors (Lipinski definition) is 1.